The molecule has 0 saturated carbocycles. The Labute approximate surface area is 96.5 Å². The predicted octanol–water partition coefficient (Wildman–Crippen LogP) is 2.56. The Morgan fingerprint density at radius 1 is 1.44 bits per heavy atom. The summed E-state index contributed by atoms with van der Waals surface area (Å²) in [5.41, 5.74) is 0.945. The summed E-state index contributed by atoms with van der Waals surface area (Å²) in [6, 6.07) is 5.18. The average molecular weight is 225 g/mol. The highest BCUT2D eigenvalue weighted by atomic mass is 19.1. The number of hydrogen-bond acceptors (Lipinski definition) is 2. The van der Waals surface area contributed by atoms with Gasteiger partial charge in [-0.3, -0.25) is 0 Å². The molecule has 0 aliphatic heterocycles. The van der Waals surface area contributed by atoms with Gasteiger partial charge in [0.25, 0.3) is 0 Å². The number of aliphatic hydroxyl groups is 1. The van der Waals surface area contributed by atoms with Crippen molar-refractivity contribution in [1.29, 1.82) is 0 Å². The summed E-state index contributed by atoms with van der Waals surface area (Å²) in [6.07, 6.45) is 0. The van der Waals surface area contributed by atoms with Crippen LogP contribution in [0.4, 0.5) is 4.39 Å². The van der Waals surface area contributed by atoms with Crippen molar-refractivity contribution < 1.29 is 9.50 Å². The second kappa shape index (κ2) is 4.93. The third kappa shape index (κ3) is 3.91. The third-order valence-corrected chi connectivity index (χ3v) is 2.52. The first-order valence-corrected chi connectivity index (χ1v) is 5.51. The van der Waals surface area contributed by atoms with Crippen LogP contribution in [0, 0.1) is 12.7 Å². The summed E-state index contributed by atoms with van der Waals surface area (Å²) in [4.78, 5) is 0. The van der Waals surface area contributed by atoms with E-state index >= 15 is 0 Å². The summed E-state index contributed by atoms with van der Waals surface area (Å²) < 4.78 is 13.1. The van der Waals surface area contributed by atoms with Gasteiger partial charge in [-0.25, -0.2) is 4.39 Å². The van der Waals surface area contributed by atoms with Gasteiger partial charge in [0.1, 0.15) is 5.82 Å². The lowest BCUT2D eigenvalue weighted by atomic mass is 10.0. The summed E-state index contributed by atoms with van der Waals surface area (Å²) in [6.45, 7) is 7.76. The molecule has 0 aliphatic rings. The number of nitrogens with one attached hydrogen (secondary N) is 1. The molecule has 1 aromatic carbocycles. The Morgan fingerprint density at radius 2 is 2.06 bits per heavy atom. The molecule has 0 aromatic heterocycles. The maximum Gasteiger partial charge on any atom is 0.126 e. The second-order valence-electron chi connectivity index (χ2n) is 4.92. The van der Waals surface area contributed by atoms with Crippen LogP contribution in [0.2, 0.25) is 0 Å². The highest BCUT2D eigenvalue weighted by molar-refractivity contribution is 5.26. The van der Waals surface area contributed by atoms with Gasteiger partial charge in [-0.05, 0) is 44.9 Å². The molecule has 90 valence electrons. The van der Waals surface area contributed by atoms with Crippen molar-refractivity contribution in [2.24, 2.45) is 0 Å². The molecular formula is C13H20FNO. The third-order valence-electron chi connectivity index (χ3n) is 2.52. The lowest BCUT2D eigenvalue weighted by molar-refractivity contribution is 0.0770. The van der Waals surface area contributed by atoms with E-state index in [2.05, 4.69) is 5.32 Å². The molecule has 0 amide bonds. The van der Waals surface area contributed by atoms with Crippen LogP contribution in [0.5, 0.6) is 0 Å². The maximum atomic E-state index is 13.1. The van der Waals surface area contributed by atoms with Gasteiger partial charge in [-0.2, -0.15) is 0 Å². The van der Waals surface area contributed by atoms with Gasteiger partial charge in [-0.1, -0.05) is 12.1 Å². The van der Waals surface area contributed by atoms with Crippen molar-refractivity contribution >= 4 is 0 Å². The van der Waals surface area contributed by atoms with Crippen molar-refractivity contribution in [3.05, 3.63) is 35.1 Å². The van der Waals surface area contributed by atoms with Crippen LogP contribution in [-0.4, -0.2) is 17.3 Å². The molecule has 1 aromatic rings. The smallest absolute Gasteiger partial charge is 0.126 e. The van der Waals surface area contributed by atoms with Gasteiger partial charge in [0.15, 0.2) is 0 Å². The van der Waals surface area contributed by atoms with E-state index in [0.29, 0.717) is 12.1 Å². The maximum absolute atomic E-state index is 13.1. The van der Waals surface area contributed by atoms with Gasteiger partial charge < -0.3 is 10.4 Å². The van der Waals surface area contributed by atoms with Crippen LogP contribution in [0.3, 0.4) is 0 Å². The molecule has 2 nitrogen and oxygen atoms in total. The zero-order valence-corrected chi connectivity index (χ0v) is 10.3. The molecule has 0 heterocycles. The molecule has 1 atom stereocenters. The fourth-order valence-electron chi connectivity index (χ4n) is 1.46. The van der Waals surface area contributed by atoms with E-state index in [1.54, 1.807) is 26.8 Å². The molecule has 0 aliphatic carbocycles. The van der Waals surface area contributed by atoms with Crippen molar-refractivity contribution in [2.75, 3.05) is 6.54 Å². The highest BCUT2D eigenvalue weighted by Crippen LogP contribution is 2.16. The van der Waals surface area contributed by atoms with E-state index < -0.39 is 5.60 Å². The first-order valence-electron chi connectivity index (χ1n) is 5.51. The van der Waals surface area contributed by atoms with Crippen molar-refractivity contribution in [3.8, 4) is 0 Å². The fraction of sp³-hybridized carbons (Fsp3) is 0.538. The minimum atomic E-state index is -0.733. The molecule has 1 rings (SSSR count). The first kappa shape index (κ1) is 13.1. The number of halogens is 1. The average Bonchev–Trinajstić information content (AvgIpc) is 2.17. The van der Waals surface area contributed by atoms with Crippen LogP contribution in [0.15, 0.2) is 18.2 Å². The van der Waals surface area contributed by atoms with Crippen LogP contribution in [0.1, 0.15) is 37.9 Å². The van der Waals surface area contributed by atoms with E-state index in [1.165, 1.54) is 6.07 Å². The lowest BCUT2D eigenvalue weighted by Crippen LogP contribution is -2.36. The Bertz CT molecular complexity index is 357. The van der Waals surface area contributed by atoms with Gasteiger partial charge in [0.2, 0.25) is 0 Å². The minimum absolute atomic E-state index is 0.103. The summed E-state index contributed by atoms with van der Waals surface area (Å²) in [5, 5.41) is 12.8. The quantitative estimate of drug-likeness (QED) is 0.825. The van der Waals surface area contributed by atoms with E-state index in [0.717, 1.165) is 5.56 Å². The normalized spacial score (nSPS) is 13.9. The van der Waals surface area contributed by atoms with Crippen LogP contribution in [0.25, 0.3) is 0 Å². The Kier molecular flexibility index (Phi) is 4.05. The summed E-state index contributed by atoms with van der Waals surface area (Å²) >= 11 is 0. The molecule has 0 bridgehead atoms. The zero-order chi connectivity index (χ0) is 12.3. The molecule has 0 spiro atoms. The van der Waals surface area contributed by atoms with Crippen LogP contribution >= 0.6 is 0 Å². The van der Waals surface area contributed by atoms with E-state index in [9.17, 15) is 9.50 Å². The monoisotopic (exact) mass is 225 g/mol. The molecular weight excluding hydrogens is 205 g/mol. The summed E-state index contributed by atoms with van der Waals surface area (Å²) in [5.74, 6) is -0.182. The first-order chi connectivity index (χ1) is 7.29. The fourth-order valence-corrected chi connectivity index (χ4v) is 1.46. The molecule has 0 radical (unpaired) electrons. The SMILES string of the molecule is Cc1cc(C(C)NCC(C)(C)O)ccc1F. The molecule has 0 saturated heterocycles. The number of hydrogen-bond donors (Lipinski definition) is 2. The number of aryl methyl sites for hydroxylation is 1. The molecule has 3 heteroatoms. The molecule has 16 heavy (non-hydrogen) atoms. The van der Waals surface area contributed by atoms with Crippen LogP contribution < -0.4 is 5.32 Å². The lowest BCUT2D eigenvalue weighted by Gasteiger charge is -2.22. The predicted molar refractivity (Wildman–Crippen MR) is 63.9 cm³/mol. The molecule has 2 N–H and O–H groups in total. The topological polar surface area (TPSA) is 32.3 Å². The molecule has 0 fully saturated rings. The van der Waals surface area contributed by atoms with Crippen molar-refractivity contribution in [2.45, 2.75) is 39.3 Å². The van der Waals surface area contributed by atoms with Crippen molar-refractivity contribution in [3.63, 3.8) is 0 Å². The van der Waals surface area contributed by atoms with Gasteiger partial charge >= 0.3 is 0 Å². The molecule has 1 unspecified atom stereocenters. The largest absolute Gasteiger partial charge is 0.389 e. The second-order valence-corrected chi connectivity index (χ2v) is 4.92. The van der Waals surface area contributed by atoms with Gasteiger partial charge in [0, 0.05) is 12.6 Å². The van der Waals surface area contributed by atoms with Crippen molar-refractivity contribution in [1.82, 2.24) is 5.32 Å². The van der Waals surface area contributed by atoms with Crippen LogP contribution in [-0.2, 0) is 0 Å². The number of rotatable bonds is 4. The highest BCUT2D eigenvalue weighted by Gasteiger charge is 2.14. The Hall–Kier alpha value is -0.930. The van der Waals surface area contributed by atoms with E-state index in [1.807, 2.05) is 13.0 Å². The summed E-state index contributed by atoms with van der Waals surface area (Å²) in [7, 11) is 0. The Morgan fingerprint density at radius 3 is 2.56 bits per heavy atom. The minimum Gasteiger partial charge on any atom is -0.389 e. The zero-order valence-electron chi connectivity index (χ0n) is 10.3. The van der Waals surface area contributed by atoms with E-state index in [4.69, 9.17) is 0 Å². The number of benzene rings is 1. The van der Waals surface area contributed by atoms with Gasteiger partial charge in [-0.15, -0.1) is 0 Å². The Balaban J connectivity index is 2.66. The van der Waals surface area contributed by atoms with E-state index in [-0.39, 0.29) is 11.9 Å². The van der Waals surface area contributed by atoms with Gasteiger partial charge in [0.05, 0.1) is 5.60 Å². The standard InChI is InChI=1S/C13H20FNO/c1-9-7-11(5-6-12(9)14)10(2)15-8-13(3,4)16/h5-7,10,15-16H,8H2,1-4H3.